The van der Waals surface area contributed by atoms with Gasteiger partial charge in [0.25, 0.3) is 5.91 Å². The molecule has 1 amide bonds. The van der Waals surface area contributed by atoms with Crippen LogP contribution in [0.25, 0.3) is 11.1 Å². The first-order chi connectivity index (χ1) is 15.3. The van der Waals surface area contributed by atoms with Crippen LogP contribution in [0.2, 0.25) is 0 Å². The maximum Gasteiger partial charge on any atom is 0.253 e. The molecular weight excluding hydrogens is 384 g/mol. The zero-order valence-corrected chi connectivity index (χ0v) is 17.1. The highest BCUT2D eigenvalue weighted by Gasteiger charge is 2.27. The molecule has 31 heavy (non-hydrogen) atoms. The summed E-state index contributed by atoms with van der Waals surface area (Å²) in [6.45, 7) is 1.41. The Hall–Kier alpha value is -3.84. The third-order valence-electron chi connectivity index (χ3n) is 5.70. The van der Waals surface area contributed by atoms with Crippen molar-refractivity contribution in [2.45, 2.75) is 18.8 Å². The van der Waals surface area contributed by atoms with E-state index in [9.17, 15) is 4.79 Å². The van der Waals surface area contributed by atoms with Crippen LogP contribution in [0.5, 0.6) is 0 Å². The van der Waals surface area contributed by atoms with Crippen molar-refractivity contribution < 1.29 is 9.21 Å². The standard InChI is InChI=1S/C27H22N2O2/c30-27(23-14-12-21(13-15-23)11-10-20-6-2-1-3-7-20)29-18-16-22(17-19-29)26-28-24-8-4-5-9-25(24)31-26/h1-9,12-15,22H,16-19H2. The van der Waals surface area contributed by atoms with Gasteiger partial charge in [-0.3, -0.25) is 4.79 Å². The van der Waals surface area contributed by atoms with Gasteiger partial charge in [-0.1, -0.05) is 42.2 Å². The van der Waals surface area contributed by atoms with Crippen LogP contribution in [-0.2, 0) is 0 Å². The quantitative estimate of drug-likeness (QED) is 0.427. The Morgan fingerprint density at radius 1 is 0.839 bits per heavy atom. The molecule has 4 nitrogen and oxygen atoms in total. The molecular formula is C27H22N2O2. The number of aromatic nitrogens is 1. The number of nitrogens with zero attached hydrogens (tertiary/aromatic N) is 2. The highest BCUT2D eigenvalue weighted by atomic mass is 16.3. The number of carbonyl (C=O) groups is 1. The lowest BCUT2D eigenvalue weighted by molar-refractivity contribution is 0.0706. The van der Waals surface area contributed by atoms with E-state index >= 15 is 0 Å². The van der Waals surface area contributed by atoms with Gasteiger partial charge in [-0.05, 0) is 61.4 Å². The molecule has 1 saturated heterocycles. The molecule has 1 fully saturated rings. The van der Waals surface area contributed by atoms with E-state index in [2.05, 4.69) is 16.8 Å². The second-order valence-electron chi connectivity index (χ2n) is 7.78. The van der Waals surface area contributed by atoms with Crippen molar-refractivity contribution in [1.29, 1.82) is 0 Å². The Kier molecular flexibility index (Phi) is 5.24. The Labute approximate surface area is 181 Å². The molecule has 3 aromatic carbocycles. The highest BCUT2D eigenvalue weighted by Crippen LogP contribution is 2.30. The predicted octanol–water partition coefficient (Wildman–Crippen LogP) is 5.25. The first-order valence-electron chi connectivity index (χ1n) is 10.6. The van der Waals surface area contributed by atoms with E-state index in [1.807, 2.05) is 83.8 Å². The second kappa shape index (κ2) is 8.49. The molecule has 0 saturated carbocycles. The molecule has 0 aliphatic carbocycles. The van der Waals surface area contributed by atoms with Crippen LogP contribution in [-0.4, -0.2) is 28.9 Å². The number of fused-ring (bicyclic) bond motifs is 1. The average Bonchev–Trinajstić information content (AvgIpc) is 3.28. The van der Waals surface area contributed by atoms with Crippen LogP contribution >= 0.6 is 0 Å². The monoisotopic (exact) mass is 406 g/mol. The summed E-state index contributed by atoms with van der Waals surface area (Å²) < 4.78 is 5.93. The average molecular weight is 406 g/mol. The van der Waals surface area contributed by atoms with Crippen LogP contribution in [0, 0.1) is 11.8 Å². The first kappa shape index (κ1) is 19.1. The van der Waals surface area contributed by atoms with Gasteiger partial charge < -0.3 is 9.32 Å². The molecule has 0 atom stereocenters. The lowest BCUT2D eigenvalue weighted by atomic mass is 9.96. The Balaban J connectivity index is 1.21. The van der Waals surface area contributed by atoms with Gasteiger partial charge in [0.05, 0.1) is 0 Å². The molecule has 5 rings (SSSR count). The maximum atomic E-state index is 12.9. The number of hydrogen-bond acceptors (Lipinski definition) is 3. The largest absolute Gasteiger partial charge is 0.440 e. The van der Waals surface area contributed by atoms with E-state index in [4.69, 9.17) is 4.42 Å². The van der Waals surface area contributed by atoms with Crippen molar-refractivity contribution in [3.05, 3.63) is 101 Å². The van der Waals surface area contributed by atoms with E-state index in [1.54, 1.807) is 0 Å². The SMILES string of the molecule is O=C(c1ccc(C#Cc2ccccc2)cc1)N1CCC(c2nc3ccccc3o2)CC1. The molecule has 0 N–H and O–H groups in total. The normalized spacial score (nSPS) is 14.3. The van der Waals surface area contributed by atoms with Crippen molar-refractivity contribution in [2.24, 2.45) is 0 Å². The lowest BCUT2D eigenvalue weighted by Crippen LogP contribution is -2.38. The summed E-state index contributed by atoms with van der Waals surface area (Å²) in [6, 6.07) is 25.3. The molecule has 2 heterocycles. The number of rotatable bonds is 2. The molecule has 0 spiro atoms. The molecule has 4 aromatic rings. The number of amides is 1. The van der Waals surface area contributed by atoms with Gasteiger partial charge >= 0.3 is 0 Å². The van der Waals surface area contributed by atoms with Crippen LogP contribution in [0.3, 0.4) is 0 Å². The number of benzene rings is 3. The summed E-state index contributed by atoms with van der Waals surface area (Å²) >= 11 is 0. The van der Waals surface area contributed by atoms with Gasteiger partial charge in [-0.15, -0.1) is 0 Å². The van der Waals surface area contributed by atoms with Gasteiger partial charge in [0.15, 0.2) is 11.5 Å². The molecule has 4 heteroatoms. The topological polar surface area (TPSA) is 46.3 Å². The molecule has 0 radical (unpaired) electrons. The minimum absolute atomic E-state index is 0.0681. The smallest absolute Gasteiger partial charge is 0.253 e. The highest BCUT2D eigenvalue weighted by molar-refractivity contribution is 5.94. The molecule has 152 valence electrons. The fourth-order valence-electron chi connectivity index (χ4n) is 3.94. The summed E-state index contributed by atoms with van der Waals surface area (Å²) in [5.74, 6) is 7.40. The minimum Gasteiger partial charge on any atom is -0.440 e. The maximum absolute atomic E-state index is 12.9. The number of piperidine rings is 1. The summed E-state index contributed by atoms with van der Waals surface area (Å²) in [4.78, 5) is 19.5. The van der Waals surface area contributed by atoms with E-state index in [0.29, 0.717) is 18.7 Å². The molecule has 1 aliphatic rings. The van der Waals surface area contributed by atoms with E-state index in [0.717, 1.165) is 41.0 Å². The Bertz CT molecular complexity index is 1220. The number of hydrogen-bond donors (Lipinski definition) is 0. The van der Waals surface area contributed by atoms with Crippen molar-refractivity contribution in [3.63, 3.8) is 0 Å². The van der Waals surface area contributed by atoms with E-state index in [-0.39, 0.29) is 11.8 Å². The van der Waals surface area contributed by atoms with Gasteiger partial charge in [0.1, 0.15) is 5.52 Å². The van der Waals surface area contributed by atoms with Gasteiger partial charge in [0.2, 0.25) is 0 Å². The van der Waals surface area contributed by atoms with Crippen LogP contribution in [0.4, 0.5) is 0 Å². The van der Waals surface area contributed by atoms with Crippen molar-refractivity contribution in [2.75, 3.05) is 13.1 Å². The van der Waals surface area contributed by atoms with Crippen molar-refractivity contribution >= 4 is 17.0 Å². The fraction of sp³-hybridized carbons (Fsp3) is 0.185. The second-order valence-corrected chi connectivity index (χ2v) is 7.78. The van der Waals surface area contributed by atoms with Crippen LogP contribution in [0.15, 0.2) is 83.3 Å². The number of oxazole rings is 1. The number of carbonyl (C=O) groups excluding carboxylic acids is 1. The molecule has 1 aliphatic heterocycles. The lowest BCUT2D eigenvalue weighted by Gasteiger charge is -2.30. The van der Waals surface area contributed by atoms with Gasteiger partial charge in [-0.2, -0.15) is 0 Å². The first-order valence-corrected chi connectivity index (χ1v) is 10.6. The van der Waals surface area contributed by atoms with Crippen LogP contribution < -0.4 is 0 Å². The van der Waals surface area contributed by atoms with Gasteiger partial charge in [0, 0.05) is 35.7 Å². The summed E-state index contributed by atoms with van der Waals surface area (Å²) in [5, 5.41) is 0. The van der Waals surface area contributed by atoms with E-state index < -0.39 is 0 Å². The third-order valence-corrected chi connectivity index (χ3v) is 5.70. The summed E-state index contributed by atoms with van der Waals surface area (Å²) in [5.41, 5.74) is 4.29. The van der Waals surface area contributed by atoms with E-state index in [1.165, 1.54) is 0 Å². The molecule has 1 aromatic heterocycles. The zero-order valence-electron chi connectivity index (χ0n) is 17.1. The Morgan fingerprint density at radius 3 is 2.19 bits per heavy atom. The zero-order chi connectivity index (χ0) is 21.0. The van der Waals surface area contributed by atoms with Crippen LogP contribution in [0.1, 0.15) is 46.1 Å². The van der Waals surface area contributed by atoms with Crippen molar-refractivity contribution in [1.82, 2.24) is 9.88 Å². The predicted molar refractivity (Wildman–Crippen MR) is 121 cm³/mol. The van der Waals surface area contributed by atoms with Crippen molar-refractivity contribution in [3.8, 4) is 11.8 Å². The molecule has 0 bridgehead atoms. The third kappa shape index (κ3) is 4.22. The number of para-hydroxylation sites is 2. The minimum atomic E-state index is 0.0681. The number of likely N-dealkylation sites (tertiary alicyclic amines) is 1. The fourth-order valence-corrected chi connectivity index (χ4v) is 3.94. The molecule has 0 unspecified atom stereocenters. The summed E-state index contributed by atoms with van der Waals surface area (Å²) in [7, 11) is 0. The summed E-state index contributed by atoms with van der Waals surface area (Å²) in [6.07, 6.45) is 1.72. The van der Waals surface area contributed by atoms with Gasteiger partial charge in [-0.25, -0.2) is 4.98 Å². The Morgan fingerprint density at radius 2 is 1.48 bits per heavy atom.